The number of amides is 2. The molecule has 1 fully saturated rings. The molecule has 0 aromatic heterocycles. The molecule has 6 heteroatoms. The maximum Gasteiger partial charge on any atom is 0.268 e. The third kappa shape index (κ3) is 5.60. The zero-order valence-corrected chi connectivity index (χ0v) is 18.0. The molecule has 2 amide bonds. The molecule has 3 rings (SSSR count). The zero-order valence-electron chi connectivity index (χ0n) is 18.0. The van der Waals surface area contributed by atoms with Crippen LogP contribution in [0.5, 0.6) is 5.75 Å². The fourth-order valence-corrected chi connectivity index (χ4v) is 3.82. The predicted molar refractivity (Wildman–Crippen MR) is 120 cm³/mol. The van der Waals surface area contributed by atoms with E-state index in [9.17, 15) is 9.59 Å². The van der Waals surface area contributed by atoms with Crippen LogP contribution in [0.4, 0.5) is 11.4 Å². The second-order valence-electron chi connectivity index (χ2n) is 7.78. The molecular weight excluding hydrogens is 378 g/mol. The number of hydrogen-bond donors (Lipinski definition) is 1. The van der Waals surface area contributed by atoms with E-state index in [1.54, 1.807) is 0 Å². The van der Waals surface area contributed by atoms with Crippen molar-refractivity contribution in [2.45, 2.75) is 45.3 Å². The molecule has 0 radical (unpaired) electrons. The fraction of sp³-hybridized carbons (Fsp3) is 0.417. The van der Waals surface area contributed by atoms with Crippen molar-refractivity contribution >= 4 is 23.2 Å². The summed E-state index contributed by atoms with van der Waals surface area (Å²) in [4.78, 5) is 29.0. The third-order valence-corrected chi connectivity index (χ3v) is 5.50. The van der Waals surface area contributed by atoms with Crippen LogP contribution in [0, 0.1) is 0 Å². The molecular formula is C24H31N3O3. The third-order valence-electron chi connectivity index (χ3n) is 5.50. The van der Waals surface area contributed by atoms with Crippen LogP contribution in [0.3, 0.4) is 0 Å². The molecule has 2 aromatic rings. The summed E-state index contributed by atoms with van der Waals surface area (Å²) in [6.45, 7) is 5.10. The van der Waals surface area contributed by atoms with Gasteiger partial charge in [0.15, 0.2) is 6.10 Å². The number of carbonyl (C=O) groups is 2. The lowest BCUT2D eigenvalue weighted by atomic mass is 10.1. The van der Waals surface area contributed by atoms with Gasteiger partial charge in [-0.3, -0.25) is 9.59 Å². The van der Waals surface area contributed by atoms with E-state index in [0.29, 0.717) is 30.4 Å². The normalized spacial score (nSPS) is 17.4. The smallest absolute Gasteiger partial charge is 0.268 e. The molecule has 1 saturated heterocycles. The molecule has 160 valence electrons. The maximum absolute atomic E-state index is 13.5. The molecule has 1 aliphatic rings. The van der Waals surface area contributed by atoms with Gasteiger partial charge in [0.1, 0.15) is 5.75 Å². The largest absolute Gasteiger partial charge is 0.481 e. The number of para-hydroxylation sites is 1. The molecule has 6 nitrogen and oxygen atoms in total. The van der Waals surface area contributed by atoms with Gasteiger partial charge in [0.05, 0.1) is 0 Å². The monoisotopic (exact) mass is 409 g/mol. The van der Waals surface area contributed by atoms with Crippen LogP contribution < -0.4 is 15.0 Å². The molecule has 30 heavy (non-hydrogen) atoms. The highest BCUT2D eigenvalue weighted by Gasteiger charge is 2.31. The first kappa shape index (κ1) is 21.8. The van der Waals surface area contributed by atoms with Gasteiger partial charge < -0.3 is 19.9 Å². The number of benzene rings is 2. The summed E-state index contributed by atoms with van der Waals surface area (Å²) in [5.41, 5.74) is 1.52. The van der Waals surface area contributed by atoms with Gasteiger partial charge in [-0.05, 0) is 69.3 Å². The van der Waals surface area contributed by atoms with E-state index >= 15 is 0 Å². The van der Waals surface area contributed by atoms with E-state index in [2.05, 4.69) is 17.3 Å². The van der Waals surface area contributed by atoms with Crippen molar-refractivity contribution in [1.29, 1.82) is 0 Å². The Bertz CT molecular complexity index is 839. The number of carbonyl (C=O) groups excluding carboxylic acids is 2. The van der Waals surface area contributed by atoms with Crippen molar-refractivity contribution in [2.24, 2.45) is 0 Å². The van der Waals surface area contributed by atoms with Gasteiger partial charge in [-0.2, -0.15) is 0 Å². The zero-order chi connectivity index (χ0) is 21.5. The van der Waals surface area contributed by atoms with E-state index in [0.717, 1.165) is 25.1 Å². The molecule has 1 aliphatic heterocycles. The number of nitrogens with one attached hydrogen (secondary N) is 1. The first-order chi connectivity index (χ1) is 14.5. The summed E-state index contributed by atoms with van der Waals surface area (Å²) in [5.74, 6) is 0.524. The quantitative estimate of drug-likeness (QED) is 0.718. The lowest BCUT2D eigenvalue weighted by Crippen LogP contribution is -2.47. The number of likely N-dealkylation sites (N-methyl/N-ethyl adjacent to an activating group) is 1. The molecule has 0 saturated carbocycles. The van der Waals surface area contributed by atoms with Crippen LogP contribution in [-0.2, 0) is 9.59 Å². The van der Waals surface area contributed by atoms with Crippen molar-refractivity contribution in [1.82, 2.24) is 4.90 Å². The van der Waals surface area contributed by atoms with E-state index in [-0.39, 0.29) is 11.8 Å². The minimum atomic E-state index is -0.561. The van der Waals surface area contributed by atoms with Crippen molar-refractivity contribution in [3.63, 3.8) is 0 Å². The summed E-state index contributed by atoms with van der Waals surface area (Å²) in [7, 11) is 2.11. The van der Waals surface area contributed by atoms with E-state index < -0.39 is 6.10 Å². The van der Waals surface area contributed by atoms with Gasteiger partial charge >= 0.3 is 0 Å². The summed E-state index contributed by atoms with van der Waals surface area (Å²) in [6, 6.07) is 17.2. The highest BCUT2D eigenvalue weighted by Crippen LogP contribution is 2.25. The number of rotatable bonds is 8. The topological polar surface area (TPSA) is 61.9 Å². The molecule has 0 aliphatic carbocycles. The number of anilines is 2. The van der Waals surface area contributed by atoms with Crippen LogP contribution in [0.25, 0.3) is 0 Å². The van der Waals surface area contributed by atoms with E-state index in [4.69, 9.17) is 4.74 Å². The summed E-state index contributed by atoms with van der Waals surface area (Å²) >= 11 is 0. The second-order valence-corrected chi connectivity index (χ2v) is 7.78. The van der Waals surface area contributed by atoms with E-state index in [1.165, 1.54) is 6.92 Å². The predicted octanol–water partition coefficient (Wildman–Crippen LogP) is 3.93. The summed E-state index contributed by atoms with van der Waals surface area (Å²) in [5, 5.41) is 2.77. The summed E-state index contributed by atoms with van der Waals surface area (Å²) in [6.07, 6.45) is 2.23. The van der Waals surface area contributed by atoms with Crippen LogP contribution >= 0.6 is 0 Å². The molecule has 1 heterocycles. The highest BCUT2D eigenvalue weighted by molar-refractivity contribution is 5.97. The molecule has 0 bridgehead atoms. The number of ether oxygens (including phenoxy) is 1. The van der Waals surface area contributed by atoms with Crippen LogP contribution in [-0.4, -0.2) is 49.0 Å². The Kier molecular flexibility index (Phi) is 7.46. The molecule has 2 atom stereocenters. The van der Waals surface area contributed by atoms with E-state index in [1.807, 2.05) is 66.4 Å². The van der Waals surface area contributed by atoms with Gasteiger partial charge in [-0.15, -0.1) is 0 Å². The highest BCUT2D eigenvalue weighted by atomic mass is 16.5. The molecule has 1 unspecified atom stereocenters. The van der Waals surface area contributed by atoms with Gasteiger partial charge in [0, 0.05) is 30.9 Å². The lowest BCUT2D eigenvalue weighted by molar-refractivity contribution is -0.125. The SMILES string of the molecule is CCC(Oc1ccccc1)C(=O)N(C[C@H]1CCCN1C)c1ccc(NC(C)=O)cc1. The molecule has 2 aromatic carbocycles. The number of likely N-dealkylation sites (tertiary alicyclic amines) is 1. The van der Waals surface area contributed by atoms with Gasteiger partial charge in [-0.25, -0.2) is 0 Å². The number of hydrogen-bond acceptors (Lipinski definition) is 4. The summed E-state index contributed by atoms with van der Waals surface area (Å²) < 4.78 is 6.03. The Morgan fingerprint density at radius 1 is 1.17 bits per heavy atom. The maximum atomic E-state index is 13.5. The first-order valence-electron chi connectivity index (χ1n) is 10.6. The van der Waals surface area contributed by atoms with Crippen LogP contribution in [0.1, 0.15) is 33.1 Å². The Labute approximate surface area is 178 Å². The average Bonchev–Trinajstić information content (AvgIpc) is 3.15. The van der Waals surface area contributed by atoms with Crippen molar-refractivity contribution in [2.75, 3.05) is 30.4 Å². The Balaban J connectivity index is 1.83. The van der Waals surface area contributed by atoms with Gasteiger partial charge in [-0.1, -0.05) is 25.1 Å². The average molecular weight is 410 g/mol. The van der Waals surface area contributed by atoms with Gasteiger partial charge in [0.25, 0.3) is 5.91 Å². The minimum absolute atomic E-state index is 0.0473. The van der Waals surface area contributed by atoms with Crippen molar-refractivity contribution in [3.05, 3.63) is 54.6 Å². The fourth-order valence-electron chi connectivity index (χ4n) is 3.82. The minimum Gasteiger partial charge on any atom is -0.481 e. The second kappa shape index (κ2) is 10.3. The Morgan fingerprint density at radius 3 is 2.43 bits per heavy atom. The first-order valence-corrected chi connectivity index (χ1v) is 10.6. The number of nitrogens with zero attached hydrogens (tertiary/aromatic N) is 2. The van der Waals surface area contributed by atoms with Crippen LogP contribution in [0.2, 0.25) is 0 Å². The molecule has 0 spiro atoms. The van der Waals surface area contributed by atoms with Crippen LogP contribution in [0.15, 0.2) is 54.6 Å². The van der Waals surface area contributed by atoms with Crippen molar-refractivity contribution in [3.8, 4) is 5.75 Å². The Morgan fingerprint density at radius 2 is 1.87 bits per heavy atom. The Hall–Kier alpha value is -2.86. The molecule has 1 N–H and O–H groups in total. The standard InChI is InChI=1S/C24H31N3O3/c1-4-23(30-22-10-6-5-7-11-22)24(29)27(17-21-9-8-16-26(21)3)20-14-12-19(13-15-20)25-18(2)28/h5-7,10-15,21,23H,4,8-9,16-17H2,1-3H3,(H,25,28)/t21-,23?/m1/s1. The van der Waals surface area contributed by atoms with Gasteiger partial charge in [0.2, 0.25) is 5.91 Å². The lowest BCUT2D eigenvalue weighted by Gasteiger charge is -2.32. The van der Waals surface area contributed by atoms with Crippen molar-refractivity contribution < 1.29 is 14.3 Å².